The number of anilines is 2. The Kier molecular flexibility index (Phi) is 6.10. The Labute approximate surface area is 160 Å². The average Bonchev–Trinajstić information content (AvgIpc) is 2.62. The van der Waals surface area contributed by atoms with Crippen LogP contribution in [0.1, 0.15) is 32.1 Å². The van der Waals surface area contributed by atoms with Gasteiger partial charge in [0.1, 0.15) is 0 Å². The van der Waals surface area contributed by atoms with Gasteiger partial charge in [0.2, 0.25) is 15.9 Å². The van der Waals surface area contributed by atoms with E-state index < -0.39 is 10.0 Å². The summed E-state index contributed by atoms with van der Waals surface area (Å²) >= 11 is 6.15. The summed E-state index contributed by atoms with van der Waals surface area (Å²) in [5.41, 5.74) is 1.76. The SMILES string of the molecule is CS(=O)(=O)N1CCC(C(=O)Nc2cc(Cl)ccc2N2CCCCC2)CC1. The molecule has 0 spiro atoms. The number of nitrogens with zero attached hydrogens (tertiary/aromatic N) is 2. The molecule has 8 heteroatoms. The first kappa shape index (κ1) is 19.5. The number of carbonyl (C=O) groups excluding carboxylic acids is 1. The van der Waals surface area contributed by atoms with Gasteiger partial charge in [0.05, 0.1) is 17.6 Å². The summed E-state index contributed by atoms with van der Waals surface area (Å²) in [6, 6.07) is 5.62. The van der Waals surface area contributed by atoms with Crippen LogP contribution in [-0.2, 0) is 14.8 Å². The van der Waals surface area contributed by atoms with Crippen LogP contribution in [0.3, 0.4) is 0 Å². The van der Waals surface area contributed by atoms with Gasteiger partial charge in [-0.3, -0.25) is 4.79 Å². The molecule has 1 N–H and O–H groups in total. The Morgan fingerprint density at radius 2 is 1.77 bits per heavy atom. The zero-order chi connectivity index (χ0) is 18.7. The van der Waals surface area contributed by atoms with Gasteiger partial charge in [-0.15, -0.1) is 0 Å². The summed E-state index contributed by atoms with van der Waals surface area (Å²) in [6.45, 7) is 2.76. The first-order chi connectivity index (χ1) is 12.3. The van der Waals surface area contributed by atoms with Crippen LogP contribution in [0.15, 0.2) is 18.2 Å². The number of hydrogen-bond donors (Lipinski definition) is 1. The maximum atomic E-state index is 12.7. The van der Waals surface area contributed by atoms with E-state index in [0.29, 0.717) is 31.0 Å². The van der Waals surface area contributed by atoms with Crippen LogP contribution < -0.4 is 10.2 Å². The molecule has 0 saturated carbocycles. The van der Waals surface area contributed by atoms with Gasteiger partial charge in [0, 0.05) is 37.1 Å². The predicted molar refractivity (Wildman–Crippen MR) is 105 cm³/mol. The van der Waals surface area contributed by atoms with Gasteiger partial charge in [-0.1, -0.05) is 11.6 Å². The van der Waals surface area contributed by atoms with Crippen molar-refractivity contribution in [2.75, 3.05) is 42.7 Å². The third-order valence-corrected chi connectivity index (χ3v) is 6.75. The molecule has 2 aliphatic rings. The molecule has 0 atom stereocenters. The van der Waals surface area contributed by atoms with Crippen LogP contribution in [-0.4, -0.2) is 51.1 Å². The summed E-state index contributed by atoms with van der Waals surface area (Å²) in [6.07, 6.45) is 5.84. The van der Waals surface area contributed by atoms with E-state index in [4.69, 9.17) is 11.6 Å². The second-order valence-electron chi connectivity index (χ2n) is 7.13. The Morgan fingerprint density at radius 1 is 1.12 bits per heavy atom. The molecule has 0 aromatic heterocycles. The molecule has 2 heterocycles. The molecule has 0 bridgehead atoms. The number of sulfonamides is 1. The van der Waals surface area contributed by atoms with E-state index >= 15 is 0 Å². The molecule has 2 saturated heterocycles. The van der Waals surface area contributed by atoms with E-state index in [0.717, 1.165) is 37.3 Å². The highest BCUT2D eigenvalue weighted by Gasteiger charge is 2.29. The van der Waals surface area contributed by atoms with Gasteiger partial charge >= 0.3 is 0 Å². The molecule has 26 heavy (non-hydrogen) atoms. The summed E-state index contributed by atoms with van der Waals surface area (Å²) in [4.78, 5) is 15.0. The zero-order valence-electron chi connectivity index (χ0n) is 15.1. The molecule has 0 radical (unpaired) electrons. The minimum atomic E-state index is -3.18. The second-order valence-corrected chi connectivity index (χ2v) is 9.55. The zero-order valence-corrected chi connectivity index (χ0v) is 16.7. The first-order valence-electron chi connectivity index (χ1n) is 9.15. The lowest BCUT2D eigenvalue weighted by atomic mass is 9.97. The van der Waals surface area contributed by atoms with Crippen molar-refractivity contribution in [1.82, 2.24) is 4.31 Å². The Bertz CT molecular complexity index is 755. The molecule has 3 rings (SSSR count). The maximum absolute atomic E-state index is 12.7. The number of benzene rings is 1. The fraction of sp³-hybridized carbons (Fsp3) is 0.611. The van der Waals surface area contributed by atoms with Crippen molar-refractivity contribution in [2.24, 2.45) is 5.92 Å². The van der Waals surface area contributed by atoms with Gasteiger partial charge < -0.3 is 10.2 Å². The van der Waals surface area contributed by atoms with Crippen molar-refractivity contribution in [3.05, 3.63) is 23.2 Å². The highest BCUT2D eigenvalue weighted by molar-refractivity contribution is 7.88. The largest absolute Gasteiger partial charge is 0.370 e. The van der Waals surface area contributed by atoms with Crippen LogP contribution >= 0.6 is 11.6 Å². The minimum absolute atomic E-state index is 0.0568. The van der Waals surface area contributed by atoms with Crippen molar-refractivity contribution in [3.63, 3.8) is 0 Å². The number of piperidine rings is 2. The summed E-state index contributed by atoms with van der Waals surface area (Å²) in [7, 11) is -3.18. The Balaban J connectivity index is 1.68. The molecule has 0 aliphatic carbocycles. The smallest absolute Gasteiger partial charge is 0.227 e. The number of halogens is 1. The topological polar surface area (TPSA) is 69.7 Å². The lowest BCUT2D eigenvalue weighted by molar-refractivity contribution is -0.120. The highest BCUT2D eigenvalue weighted by Crippen LogP contribution is 2.32. The van der Waals surface area contributed by atoms with E-state index in [1.807, 2.05) is 12.1 Å². The number of amides is 1. The van der Waals surface area contributed by atoms with Crippen molar-refractivity contribution < 1.29 is 13.2 Å². The van der Waals surface area contributed by atoms with Crippen molar-refractivity contribution in [3.8, 4) is 0 Å². The lowest BCUT2D eigenvalue weighted by Gasteiger charge is -2.32. The molecular weight excluding hydrogens is 374 g/mol. The molecular formula is C18H26ClN3O3S. The Morgan fingerprint density at radius 3 is 2.38 bits per heavy atom. The van der Waals surface area contributed by atoms with E-state index in [1.54, 1.807) is 6.07 Å². The molecule has 1 aromatic rings. The molecule has 1 aromatic carbocycles. The minimum Gasteiger partial charge on any atom is -0.370 e. The van der Waals surface area contributed by atoms with E-state index in [1.165, 1.54) is 17.0 Å². The summed E-state index contributed by atoms with van der Waals surface area (Å²) < 4.78 is 24.7. The summed E-state index contributed by atoms with van der Waals surface area (Å²) in [5.74, 6) is -0.236. The van der Waals surface area contributed by atoms with Crippen LogP contribution in [0.4, 0.5) is 11.4 Å². The quantitative estimate of drug-likeness (QED) is 0.845. The number of nitrogens with one attached hydrogen (secondary N) is 1. The molecule has 0 unspecified atom stereocenters. The van der Waals surface area contributed by atoms with E-state index in [9.17, 15) is 13.2 Å². The highest BCUT2D eigenvalue weighted by atomic mass is 35.5. The molecule has 2 aliphatic heterocycles. The molecule has 1 amide bonds. The molecule has 2 fully saturated rings. The van der Waals surface area contributed by atoms with E-state index in [2.05, 4.69) is 10.2 Å². The van der Waals surface area contributed by atoms with Crippen LogP contribution in [0.25, 0.3) is 0 Å². The van der Waals surface area contributed by atoms with Crippen LogP contribution in [0, 0.1) is 5.92 Å². The van der Waals surface area contributed by atoms with Crippen molar-refractivity contribution >= 4 is 38.9 Å². The predicted octanol–water partition coefficient (Wildman–Crippen LogP) is 2.94. The normalized spacial score (nSPS) is 20.2. The fourth-order valence-corrected chi connectivity index (χ4v) is 4.75. The maximum Gasteiger partial charge on any atom is 0.227 e. The van der Waals surface area contributed by atoms with Crippen molar-refractivity contribution in [1.29, 1.82) is 0 Å². The summed E-state index contributed by atoms with van der Waals surface area (Å²) in [5, 5.41) is 3.63. The number of hydrogen-bond acceptors (Lipinski definition) is 4. The van der Waals surface area contributed by atoms with Crippen molar-refractivity contribution in [2.45, 2.75) is 32.1 Å². The van der Waals surface area contributed by atoms with Gasteiger partial charge in [0.15, 0.2) is 0 Å². The van der Waals surface area contributed by atoms with E-state index in [-0.39, 0.29) is 11.8 Å². The van der Waals surface area contributed by atoms with Gasteiger partial charge in [-0.25, -0.2) is 12.7 Å². The van der Waals surface area contributed by atoms with Gasteiger partial charge in [0.25, 0.3) is 0 Å². The average molecular weight is 400 g/mol. The van der Waals surface area contributed by atoms with Gasteiger partial charge in [-0.05, 0) is 50.3 Å². The number of rotatable bonds is 4. The Hall–Kier alpha value is -1.31. The third kappa shape index (κ3) is 4.69. The van der Waals surface area contributed by atoms with Crippen LogP contribution in [0.2, 0.25) is 5.02 Å². The van der Waals surface area contributed by atoms with Gasteiger partial charge in [-0.2, -0.15) is 0 Å². The lowest BCUT2D eigenvalue weighted by Crippen LogP contribution is -2.41. The monoisotopic (exact) mass is 399 g/mol. The number of carbonyl (C=O) groups is 1. The molecule has 144 valence electrons. The first-order valence-corrected chi connectivity index (χ1v) is 11.4. The second kappa shape index (κ2) is 8.15. The molecule has 6 nitrogen and oxygen atoms in total. The third-order valence-electron chi connectivity index (χ3n) is 5.21. The standard InChI is InChI=1S/C18H26ClN3O3S/c1-26(24,25)22-11-7-14(8-12-22)18(23)20-16-13-15(19)5-6-17(16)21-9-3-2-4-10-21/h5-6,13-14H,2-4,7-12H2,1H3,(H,20,23). The van der Waals surface area contributed by atoms with Crippen LogP contribution in [0.5, 0.6) is 0 Å². The fourth-order valence-electron chi connectivity index (χ4n) is 3.70.